The Hall–Kier alpha value is -3.35. The summed E-state index contributed by atoms with van der Waals surface area (Å²) in [6, 6.07) is 16.4. The summed E-state index contributed by atoms with van der Waals surface area (Å²) in [7, 11) is 1.71. The predicted octanol–water partition coefficient (Wildman–Crippen LogP) is 3.51. The molecule has 3 aromatic rings. The molecule has 0 radical (unpaired) electrons. The molecule has 0 atom stereocenters. The zero-order chi connectivity index (χ0) is 20.1. The Morgan fingerprint density at radius 2 is 1.69 bits per heavy atom. The van der Waals surface area contributed by atoms with Gasteiger partial charge in [0, 0.05) is 31.9 Å². The fourth-order valence-electron chi connectivity index (χ4n) is 3.62. The van der Waals surface area contributed by atoms with Gasteiger partial charge >= 0.3 is 0 Å². The van der Waals surface area contributed by atoms with Crippen molar-refractivity contribution in [3.05, 3.63) is 60.3 Å². The molecule has 0 unspecified atom stereocenters. The normalized spacial score (nSPS) is 14.0. The first-order valence-electron chi connectivity index (χ1n) is 9.96. The summed E-state index contributed by atoms with van der Waals surface area (Å²) < 4.78 is 5.50. The van der Waals surface area contributed by atoms with Gasteiger partial charge in [-0.3, -0.25) is 0 Å². The van der Waals surface area contributed by atoms with E-state index in [1.807, 2.05) is 24.3 Å². The van der Waals surface area contributed by atoms with E-state index in [1.165, 1.54) is 5.56 Å². The van der Waals surface area contributed by atoms with Crippen molar-refractivity contribution < 1.29 is 4.74 Å². The van der Waals surface area contributed by atoms with Gasteiger partial charge in [0.25, 0.3) is 0 Å². The first-order valence-corrected chi connectivity index (χ1v) is 9.96. The maximum atomic E-state index is 5.50. The Kier molecular flexibility index (Phi) is 5.74. The summed E-state index contributed by atoms with van der Waals surface area (Å²) in [5.41, 5.74) is 3.43. The van der Waals surface area contributed by atoms with E-state index < -0.39 is 0 Å². The highest BCUT2D eigenvalue weighted by Crippen LogP contribution is 2.29. The predicted molar refractivity (Wildman–Crippen MR) is 116 cm³/mol. The smallest absolute Gasteiger partial charge is 0.247 e. The van der Waals surface area contributed by atoms with E-state index >= 15 is 0 Å². The van der Waals surface area contributed by atoms with Crippen LogP contribution in [0.4, 0.5) is 23.1 Å². The maximum absolute atomic E-state index is 5.50. The fraction of sp³-hybridized carbons (Fsp3) is 0.318. The quantitative estimate of drug-likeness (QED) is 0.691. The SMILES string of the molecule is CCc1ccccc1Nc1cnnc(N2CCN(c3ccccc3OC)CC2)n1. The molecule has 1 saturated heterocycles. The van der Waals surface area contributed by atoms with Crippen molar-refractivity contribution in [1.82, 2.24) is 15.2 Å². The topological polar surface area (TPSA) is 66.4 Å². The van der Waals surface area contributed by atoms with Gasteiger partial charge in [0.05, 0.1) is 19.0 Å². The van der Waals surface area contributed by atoms with Gasteiger partial charge in [-0.25, -0.2) is 0 Å². The fourth-order valence-corrected chi connectivity index (χ4v) is 3.62. The van der Waals surface area contributed by atoms with Crippen molar-refractivity contribution in [3.63, 3.8) is 0 Å². The second-order valence-corrected chi connectivity index (χ2v) is 6.92. The minimum atomic E-state index is 0.656. The van der Waals surface area contributed by atoms with Gasteiger partial charge in [-0.1, -0.05) is 37.3 Å². The van der Waals surface area contributed by atoms with Crippen molar-refractivity contribution in [3.8, 4) is 5.75 Å². The van der Waals surface area contributed by atoms with Crippen molar-refractivity contribution >= 4 is 23.1 Å². The summed E-state index contributed by atoms with van der Waals surface area (Å²) in [5, 5.41) is 11.8. The number of hydrogen-bond acceptors (Lipinski definition) is 7. The molecule has 0 bridgehead atoms. The van der Waals surface area contributed by atoms with Gasteiger partial charge in [-0.05, 0) is 30.2 Å². The standard InChI is InChI=1S/C22H26N6O/c1-3-17-8-4-5-9-18(17)24-21-16-23-26-22(25-21)28-14-12-27(13-15-28)19-10-6-7-11-20(19)29-2/h4-11,16H,3,12-15H2,1-2H3,(H,24,25,26). The third kappa shape index (κ3) is 4.23. The number of nitrogens with zero attached hydrogens (tertiary/aromatic N) is 5. The molecule has 0 aliphatic carbocycles. The summed E-state index contributed by atoms with van der Waals surface area (Å²) in [4.78, 5) is 9.21. The highest BCUT2D eigenvalue weighted by atomic mass is 16.5. The molecule has 0 spiro atoms. The number of hydrogen-bond donors (Lipinski definition) is 1. The van der Waals surface area contributed by atoms with Crippen LogP contribution in [-0.2, 0) is 6.42 Å². The van der Waals surface area contributed by atoms with Crippen LogP contribution in [0.15, 0.2) is 54.7 Å². The molecule has 150 valence electrons. The van der Waals surface area contributed by atoms with Crippen LogP contribution in [0.5, 0.6) is 5.75 Å². The van der Waals surface area contributed by atoms with E-state index in [-0.39, 0.29) is 0 Å². The van der Waals surface area contributed by atoms with E-state index in [1.54, 1.807) is 13.3 Å². The molecule has 1 aliphatic rings. The van der Waals surface area contributed by atoms with E-state index in [4.69, 9.17) is 9.72 Å². The van der Waals surface area contributed by atoms with Crippen LogP contribution in [0.25, 0.3) is 0 Å². The summed E-state index contributed by atoms with van der Waals surface area (Å²) in [5.74, 6) is 2.27. The van der Waals surface area contributed by atoms with Crippen molar-refractivity contribution in [1.29, 1.82) is 0 Å². The van der Waals surface area contributed by atoms with Crippen LogP contribution in [0.1, 0.15) is 12.5 Å². The highest BCUT2D eigenvalue weighted by Gasteiger charge is 2.21. The van der Waals surface area contributed by atoms with Crippen molar-refractivity contribution in [2.45, 2.75) is 13.3 Å². The summed E-state index contributed by atoms with van der Waals surface area (Å²) >= 11 is 0. The third-order valence-electron chi connectivity index (χ3n) is 5.20. The minimum absolute atomic E-state index is 0.656. The van der Waals surface area contributed by atoms with Crippen LogP contribution in [-0.4, -0.2) is 48.5 Å². The molecule has 2 heterocycles. The lowest BCUT2D eigenvalue weighted by Gasteiger charge is -2.36. The van der Waals surface area contributed by atoms with Crippen LogP contribution >= 0.6 is 0 Å². The first kappa shape index (κ1) is 19.0. The van der Waals surface area contributed by atoms with Gasteiger partial charge in [-0.15, -0.1) is 5.10 Å². The van der Waals surface area contributed by atoms with Gasteiger partial charge in [0.2, 0.25) is 5.95 Å². The van der Waals surface area contributed by atoms with E-state index in [0.717, 1.165) is 49.7 Å². The monoisotopic (exact) mass is 390 g/mol. The number of aryl methyl sites for hydroxylation is 1. The molecule has 7 nitrogen and oxygen atoms in total. The molecule has 29 heavy (non-hydrogen) atoms. The van der Waals surface area contributed by atoms with Crippen LogP contribution in [0, 0.1) is 0 Å². The highest BCUT2D eigenvalue weighted by molar-refractivity contribution is 5.61. The first-order chi connectivity index (χ1) is 14.3. The van der Waals surface area contributed by atoms with Gasteiger partial charge in [0.1, 0.15) is 5.75 Å². The molecule has 7 heteroatoms. The Morgan fingerprint density at radius 3 is 2.48 bits per heavy atom. The largest absolute Gasteiger partial charge is 0.495 e. The number of para-hydroxylation sites is 3. The number of methoxy groups -OCH3 is 1. The average Bonchev–Trinajstić information content (AvgIpc) is 2.80. The lowest BCUT2D eigenvalue weighted by molar-refractivity contribution is 0.413. The number of ether oxygens (including phenoxy) is 1. The lowest BCUT2D eigenvalue weighted by Crippen LogP contribution is -2.47. The Balaban J connectivity index is 1.45. The van der Waals surface area contributed by atoms with E-state index in [9.17, 15) is 0 Å². The number of rotatable bonds is 6. The van der Waals surface area contributed by atoms with Crippen LogP contribution < -0.4 is 19.9 Å². The molecule has 0 amide bonds. The average molecular weight is 390 g/mol. The van der Waals surface area contributed by atoms with Crippen LogP contribution in [0.3, 0.4) is 0 Å². The van der Waals surface area contributed by atoms with Gasteiger partial charge in [-0.2, -0.15) is 10.1 Å². The second-order valence-electron chi connectivity index (χ2n) is 6.92. The second kappa shape index (κ2) is 8.77. The molecule has 2 aromatic carbocycles. The molecule has 0 saturated carbocycles. The Labute approximate surface area is 171 Å². The zero-order valence-corrected chi connectivity index (χ0v) is 16.9. The number of benzene rings is 2. The summed E-state index contributed by atoms with van der Waals surface area (Å²) in [6.45, 7) is 5.55. The van der Waals surface area contributed by atoms with Crippen LogP contribution in [0.2, 0.25) is 0 Å². The van der Waals surface area contributed by atoms with Gasteiger partial charge < -0.3 is 19.9 Å². The summed E-state index contributed by atoms with van der Waals surface area (Å²) in [6.07, 6.45) is 2.63. The Bertz CT molecular complexity index is 955. The number of aromatic nitrogens is 3. The molecule has 1 fully saturated rings. The maximum Gasteiger partial charge on any atom is 0.247 e. The molecule has 4 rings (SSSR count). The minimum Gasteiger partial charge on any atom is -0.495 e. The van der Waals surface area contributed by atoms with Crippen molar-refractivity contribution in [2.24, 2.45) is 0 Å². The molecule has 1 aliphatic heterocycles. The van der Waals surface area contributed by atoms with E-state index in [0.29, 0.717) is 11.8 Å². The van der Waals surface area contributed by atoms with Gasteiger partial charge in [0.15, 0.2) is 5.82 Å². The zero-order valence-electron chi connectivity index (χ0n) is 16.9. The Morgan fingerprint density at radius 1 is 0.966 bits per heavy atom. The third-order valence-corrected chi connectivity index (χ3v) is 5.20. The molecule has 1 N–H and O–H groups in total. The molecular formula is C22H26N6O. The molecule has 1 aromatic heterocycles. The number of piperazine rings is 1. The molecular weight excluding hydrogens is 364 g/mol. The number of anilines is 4. The number of nitrogens with one attached hydrogen (secondary N) is 1. The van der Waals surface area contributed by atoms with E-state index in [2.05, 4.69) is 56.5 Å². The van der Waals surface area contributed by atoms with Crippen molar-refractivity contribution in [2.75, 3.05) is 48.4 Å². The lowest BCUT2D eigenvalue weighted by atomic mass is 10.1.